The summed E-state index contributed by atoms with van der Waals surface area (Å²) in [7, 11) is 1.91. The van der Waals surface area contributed by atoms with Gasteiger partial charge in [0.2, 0.25) is 17.6 Å². The van der Waals surface area contributed by atoms with Crippen molar-refractivity contribution < 1.29 is 9.32 Å². The predicted molar refractivity (Wildman–Crippen MR) is 115 cm³/mol. The van der Waals surface area contributed by atoms with E-state index in [4.69, 9.17) is 4.52 Å². The lowest BCUT2D eigenvalue weighted by molar-refractivity contribution is -0.134. The van der Waals surface area contributed by atoms with Crippen LogP contribution in [0.4, 0.5) is 0 Å². The number of benzene rings is 1. The number of nitrogens with zero attached hydrogens (tertiary/aromatic N) is 6. The van der Waals surface area contributed by atoms with Gasteiger partial charge in [-0.2, -0.15) is 10.1 Å². The van der Waals surface area contributed by atoms with Crippen molar-refractivity contribution in [2.75, 3.05) is 26.2 Å². The maximum absolute atomic E-state index is 12.9. The lowest BCUT2D eigenvalue weighted by atomic mass is 10.1. The second kappa shape index (κ2) is 7.92. The van der Waals surface area contributed by atoms with E-state index in [2.05, 4.69) is 34.0 Å². The average Bonchev–Trinajstić information content (AvgIpc) is 3.21. The van der Waals surface area contributed by atoms with Crippen LogP contribution in [0.2, 0.25) is 0 Å². The SMILES string of the molecule is Cc1ccc(-c2noc([C@H](C)N3CCN(C(=O)[C@@H]4C[C@H]4c4cnn(C)c4)CC3)n2)cc1. The standard InChI is InChI=1S/C23H28N6O2/c1-15-4-6-17(7-5-15)21-25-22(31-26-21)16(2)28-8-10-29(11-9-28)23(30)20-12-19(20)18-13-24-27(3)14-18/h4-7,13-14,16,19-20H,8-12H2,1-3H3/t16-,19-,20+/m0/s1. The molecule has 0 radical (unpaired) electrons. The van der Waals surface area contributed by atoms with Crippen molar-refractivity contribution in [2.45, 2.75) is 32.2 Å². The van der Waals surface area contributed by atoms with Crippen molar-refractivity contribution in [2.24, 2.45) is 13.0 Å². The summed E-state index contributed by atoms with van der Waals surface area (Å²) in [6.07, 6.45) is 4.84. The molecule has 3 heterocycles. The van der Waals surface area contributed by atoms with Gasteiger partial charge >= 0.3 is 0 Å². The predicted octanol–water partition coefficient (Wildman–Crippen LogP) is 2.79. The molecule has 1 aliphatic heterocycles. The molecule has 0 spiro atoms. The third-order valence-electron chi connectivity index (χ3n) is 6.54. The highest BCUT2D eigenvalue weighted by atomic mass is 16.5. The monoisotopic (exact) mass is 420 g/mol. The van der Waals surface area contributed by atoms with Gasteiger partial charge in [-0.25, -0.2) is 0 Å². The number of rotatable bonds is 5. The molecule has 5 rings (SSSR count). The summed E-state index contributed by atoms with van der Waals surface area (Å²) < 4.78 is 7.36. The van der Waals surface area contributed by atoms with Crippen LogP contribution >= 0.6 is 0 Å². The summed E-state index contributed by atoms with van der Waals surface area (Å²) in [5.74, 6) is 1.96. The number of aryl methyl sites for hydroxylation is 2. The molecular formula is C23H28N6O2. The topological polar surface area (TPSA) is 80.3 Å². The Kier molecular flexibility index (Phi) is 5.09. The Morgan fingerprint density at radius 1 is 1.16 bits per heavy atom. The van der Waals surface area contributed by atoms with E-state index in [9.17, 15) is 4.79 Å². The average molecular weight is 421 g/mol. The summed E-state index contributed by atoms with van der Waals surface area (Å²) in [6.45, 7) is 7.22. The first-order chi connectivity index (χ1) is 15.0. The largest absolute Gasteiger partial charge is 0.340 e. The van der Waals surface area contributed by atoms with Gasteiger partial charge in [0.1, 0.15) is 0 Å². The zero-order chi connectivity index (χ0) is 21.5. The molecule has 1 amide bonds. The van der Waals surface area contributed by atoms with Gasteiger partial charge in [0.05, 0.1) is 12.2 Å². The van der Waals surface area contributed by atoms with Crippen LogP contribution < -0.4 is 0 Å². The first-order valence-electron chi connectivity index (χ1n) is 10.9. The number of piperazine rings is 1. The second-order valence-corrected chi connectivity index (χ2v) is 8.76. The molecule has 0 bridgehead atoms. The van der Waals surface area contributed by atoms with Gasteiger partial charge in [-0.05, 0) is 31.7 Å². The van der Waals surface area contributed by atoms with Crippen LogP contribution in [0.25, 0.3) is 11.4 Å². The Morgan fingerprint density at radius 3 is 2.58 bits per heavy atom. The lowest BCUT2D eigenvalue weighted by Gasteiger charge is -2.37. The highest BCUT2D eigenvalue weighted by molar-refractivity contribution is 5.83. The molecule has 1 saturated carbocycles. The summed E-state index contributed by atoms with van der Waals surface area (Å²) in [4.78, 5) is 21.9. The van der Waals surface area contributed by atoms with Crippen LogP contribution in [0.3, 0.4) is 0 Å². The number of carbonyl (C=O) groups excluding carboxylic acids is 1. The van der Waals surface area contributed by atoms with Crippen LogP contribution in [0.5, 0.6) is 0 Å². The van der Waals surface area contributed by atoms with E-state index < -0.39 is 0 Å². The van der Waals surface area contributed by atoms with Crippen LogP contribution in [0, 0.1) is 12.8 Å². The first kappa shape index (κ1) is 19.9. The molecule has 8 heteroatoms. The zero-order valence-corrected chi connectivity index (χ0v) is 18.2. The van der Waals surface area contributed by atoms with Crippen molar-refractivity contribution in [3.63, 3.8) is 0 Å². The molecular weight excluding hydrogens is 392 g/mol. The highest BCUT2D eigenvalue weighted by Crippen LogP contribution is 2.48. The minimum Gasteiger partial charge on any atom is -0.340 e. The number of hydrogen-bond donors (Lipinski definition) is 0. The molecule has 31 heavy (non-hydrogen) atoms. The fourth-order valence-electron chi connectivity index (χ4n) is 4.41. The number of amides is 1. The van der Waals surface area contributed by atoms with Gasteiger partial charge in [-0.3, -0.25) is 14.4 Å². The van der Waals surface area contributed by atoms with Crippen LogP contribution in [-0.2, 0) is 11.8 Å². The van der Waals surface area contributed by atoms with Crippen molar-refractivity contribution in [3.05, 3.63) is 53.7 Å². The van der Waals surface area contributed by atoms with E-state index >= 15 is 0 Å². The molecule has 2 fully saturated rings. The first-order valence-corrected chi connectivity index (χ1v) is 10.9. The molecule has 3 aromatic rings. The Bertz CT molecular complexity index is 1060. The maximum Gasteiger partial charge on any atom is 0.244 e. The minimum absolute atomic E-state index is 0.0213. The molecule has 162 valence electrons. The van der Waals surface area contributed by atoms with E-state index in [-0.39, 0.29) is 17.9 Å². The molecule has 8 nitrogen and oxygen atoms in total. The van der Waals surface area contributed by atoms with E-state index in [1.807, 2.05) is 48.6 Å². The van der Waals surface area contributed by atoms with E-state index in [1.165, 1.54) is 11.1 Å². The molecule has 2 aromatic heterocycles. The van der Waals surface area contributed by atoms with Gasteiger partial charge in [-0.1, -0.05) is 35.0 Å². The van der Waals surface area contributed by atoms with E-state index in [0.717, 1.165) is 38.2 Å². The van der Waals surface area contributed by atoms with Crippen LogP contribution in [0.15, 0.2) is 41.2 Å². The number of hydrogen-bond acceptors (Lipinski definition) is 6. The summed E-state index contributed by atoms with van der Waals surface area (Å²) >= 11 is 0. The Balaban J connectivity index is 1.16. The third kappa shape index (κ3) is 3.99. The van der Waals surface area contributed by atoms with Crippen molar-refractivity contribution in [3.8, 4) is 11.4 Å². The van der Waals surface area contributed by atoms with Gasteiger partial charge < -0.3 is 9.42 Å². The van der Waals surface area contributed by atoms with Gasteiger partial charge in [0.25, 0.3) is 0 Å². The summed E-state index contributed by atoms with van der Waals surface area (Å²) in [5.41, 5.74) is 3.33. The normalized spacial score (nSPS) is 22.5. The quantitative estimate of drug-likeness (QED) is 0.631. The molecule has 3 atom stereocenters. The molecule has 1 saturated heterocycles. The van der Waals surface area contributed by atoms with Crippen molar-refractivity contribution in [1.29, 1.82) is 0 Å². The third-order valence-corrected chi connectivity index (χ3v) is 6.54. The molecule has 0 N–H and O–H groups in total. The molecule has 1 aromatic carbocycles. The van der Waals surface area contributed by atoms with Crippen LogP contribution in [0.1, 0.15) is 42.3 Å². The molecule has 2 aliphatic rings. The summed E-state index contributed by atoms with van der Waals surface area (Å²) in [6, 6.07) is 8.13. The Hall–Kier alpha value is -3.00. The fraction of sp³-hybridized carbons (Fsp3) is 0.478. The zero-order valence-electron chi connectivity index (χ0n) is 18.2. The minimum atomic E-state index is 0.0213. The van der Waals surface area contributed by atoms with Gasteiger partial charge in [0.15, 0.2) is 0 Å². The van der Waals surface area contributed by atoms with Crippen LogP contribution in [-0.4, -0.2) is 61.8 Å². The maximum atomic E-state index is 12.9. The molecule has 1 aliphatic carbocycles. The van der Waals surface area contributed by atoms with Crippen molar-refractivity contribution >= 4 is 5.91 Å². The van der Waals surface area contributed by atoms with Gasteiger partial charge in [-0.15, -0.1) is 0 Å². The number of aromatic nitrogens is 4. The van der Waals surface area contributed by atoms with E-state index in [0.29, 0.717) is 17.6 Å². The Labute approximate surface area is 181 Å². The smallest absolute Gasteiger partial charge is 0.244 e. The van der Waals surface area contributed by atoms with Crippen molar-refractivity contribution in [1.82, 2.24) is 29.7 Å². The van der Waals surface area contributed by atoms with E-state index in [1.54, 1.807) is 4.68 Å². The highest BCUT2D eigenvalue weighted by Gasteiger charge is 2.46. The van der Waals surface area contributed by atoms with Gasteiger partial charge in [0, 0.05) is 50.9 Å². The second-order valence-electron chi connectivity index (χ2n) is 8.76. The molecule has 0 unspecified atom stereocenters. The summed E-state index contributed by atoms with van der Waals surface area (Å²) in [5, 5.41) is 8.39. The lowest BCUT2D eigenvalue weighted by Crippen LogP contribution is -2.49. The fourth-order valence-corrected chi connectivity index (χ4v) is 4.41. The Morgan fingerprint density at radius 2 is 1.90 bits per heavy atom. The number of carbonyl (C=O) groups is 1.